The van der Waals surface area contributed by atoms with E-state index in [9.17, 15) is 4.39 Å². The van der Waals surface area contributed by atoms with Crippen LogP contribution in [0.25, 0.3) is 0 Å². The van der Waals surface area contributed by atoms with Crippen LogP contribution in [0.5, 0.6) is 5.75 Å². The summed E-state index contributed by atoms with van der Waals surface area (Å²) >= 11 is 5.94. The average molecular weight is 307 g/mol. The van der Waals surface area contributed by atoms with Gasteiger partial charge in [-0.25, -0.2) is 9.82 Å². The second-order valence-electron chi connectivity index (χ2n) is 5.15. The molecule has 3 nitrogen and oxygen atoms in total. The van der Waals surface area contributed by atoms with Crippen LogP contribution in [0.2, 0.25) is 5.02 Å². The van der Waals surface area contributed by atoms with Crippen LogP contribution in [-0.4, -0.2) is 6.10 Å². The van der Waals surface area contributed by atoms with E-state index in [-0.39, 0.29) is 5.82 Å². The number of hydrogen-bond acceptors (Lipinski definition) is 3. The van der Waals surface area contributed by atoms with Crippen LogP contribution in [0.3, 0.4) is 0 Å². The van der Waals surface area contributed by atoms with Gasteiger partial charge in [0.2, 0.25) is 0 Å². The molecule has 0 aliphatic heterocycles. The van der Waals surface area contributed by atoms with Crippen molar-refractivity contribution in [1.82, 2.24) is 5.43 Å². The maximum atomic E-state index is 14.0. The van der Waals surface area contributed by atoms with Gasteiger partial charge in [-0.15, -0.1) is 0 Å². The molecule has 1 fully saturated rings. The summed E-state index contributed by atoms with van der Waals surface area (Å²) in [5, 5.41) is 0.473. The largest absolute Gasteiger partial charge is 0.490 e. The van der Waals surface area contributed by atoms with E-state index >= 15 is 0 Å². The number of benzene rings is 2. The first-order chi connectivity index (χ1) is 10.2. The molecule has 0 bridgehead atoms. The Balaban J connectivity index is 1.86. The van der Waals surface area contributed by atoms with Gasteiger partial charge in [0.15, 0.2) is 0 Å². The van der Waals surface area contributed by atoms with E-state index in [1.165, 1.54) is 12.1 Å². The molecule has 3 rings (SSSR count). The van der Waals surface area contributed by atoms with Gasteiger partial charge in [-0.3, -0.25) is 5.84 Å². The summed E-state index contributed by atoms with van der Waals surface area (Å²) < 4.78 is 19.7. The number of nitrogens with one attached hydrogen (secondary N) is 1. The fourth-order valence-electron chi connectivity index (χ4n) is 2.22. The smallest absolute Gasteiger partial charge is 0.128 e. The lowest BCUT2D eigenvalue weighted by Crippen LogP contribution is -2.29. The van der Waals surface area contributed by atoms with Crippen LogP contribution in [-0.2, 0) is 0 Å². The standard InChI is InChI=1S/C16H16ClFN2O/c17-11-3-8-15(18)14(9-11)16(20-19)10-1-4-12(5-2-10)21-13-6-7-13/h1-5,8-9,13,16,20H,6-7,19H2. The minimum absolute atomic E-state index is 0.347. The quantitative estimate of drug-likeness (QED) is 0.656. The van der Waals surface area contributed by atoms with E-state index in [1.807, 2.05) is 24.3 Å². The molecule has 2 aromatic carbocycles. The summed E-state index contributed by atoms with van der Waals surface area (Å²) in [5.74, 6) is 6.07. The monoisotopic (exact) mass is 306 g/mol. The molecule has 1 unspecified atom stereocenters. The summed E-state index contributed by atoms with van der Waals surface area (Å²) in [6.07, 6.45) is 2.58. The van der Waals surface area contributed by atoms with E-state index in [0.717, 1.165) is 24.2 Å². The van der Waals surface area contributed by atoms with Crippen LogP contribution in [0.15, 0.2) is 42.5 Å². The molecule has 0 aromatic heterocycles. The zero-order valence-corrected chi connectivity index (χ0v) is 12.1. The fraction of sp³-hybridized carbons (Fsp3) is 0.250. The molecule has 21 heavy (non-hydrogen) atoms. The van der Waals surface area contributed by atoms with Gasteiger partial charge in [0, 0.05) is 10.6 Å². The van der Waals surface area contributed by atoms with Crippen LogP contribution in [0, 0.1) is 5.82 Å². The van der Waals surface area contributed by atoms with Gasteiger partial charge in [0.05, 0.1) is 12.1 Å². The topological polar surface area (TPSA) is 47.3 Å². The molecule has 3 N–H and O–H groups in total. The van der Waals surface area contributed by atoms with Gasteiger partial charge >= 0.3 is 0 Å². The van der Waals surface area contributed by atoms with Crippen LogP contribution in [0.4, 0.5) is 4.39 Å². The Morgan fingerprint density at radius 3 is 2.52 bits per heavy atom. The molecule has 1 atom stereocenters. The average Bonchev–Trinajstić information content (AvgIpc) is 3.29. The van der Waals surface area contributed by atoms with E-state index in [0.29, 0.717) is 16.7 Å². The van der Waals surface area contributed by atoms with Gasteiger partial charge in [-0.05, 0) is 48.7 Å². The minimum atomic E-state index is -0.460. The maximum Gasteiger partial charge on any atom is 0.128 e. The molecule has 110 valence electrons. The normalized spacial score (nSPS) is 15.8. The maximum absolute atomic E-state index is 14.0. The second kappa shape index (κ2) is 6.02. The number of rotatable bonds is 5. The molecule has 5 heteroatoms. The van der Waals surface area contributed by atoms with Gasteiger partial charge in [-0.1, -0.05) is 23.7 Å². The van der Waals surface area contributed by atoms with Crippen molar-refractivity contribution in [3.05, 3.63) is 64.4 Å². The molecule has 0 spiro atoms. The molecule has 1 aliphatic rings. The molecular formula is C16H16ClFN2O. The minimum Gasteiger partial charge on any atom is -0.490 e. The lowest BCUT2D eigenvalue weighted by Gasteiger charge is -2.18. The summed E-state index contributed by atoms with van der Waals surface area (Å²) in [7, 11) is 0. The first kappa shape index (κ1) is 14.3. The number of hydrazine groups is 1. The Bertz CT molecular complexity index is 629. The van der Waals surface area contributed by atoms with E-state index in [4.69, 9.17) is 22.2 Å². The zero-order chi connectivity index (χ0) is 14.8. The Morgan fingerprint density at radius 2 is 1.90 bits per heavy atom. The third-order valence-corrected chi connectivity index (χ3v) is 3.71. The number of halogens is 2. The predicted molar refractivity (Wildman–Crippen MR) is 80.7 cm³/mol. The first-order valence-corrected chi connectivity index (χ1v) is 7.23. The van der Waals surface area contributed by atoms with Crippen LogP contribution in [0.1, 0.15) is 30.0 Å². The summed E-state index contributed by atoms with van der Waals surface area (Å²) in [6.45, 7) is 0. The van der Waals surface area contributed by atoms with Crippen LogP contribution < -0.4 is 16.0 Å². The zero-order valence-electron chi connectivity index (χ0n) is 11.4. The molecule has 0 heterocycles. The lowest BCUT2D eigenvalue weighted by atomic mass is 9.99. The first-order valence-electron chi connectivity index (χ1n) is 6.85. The van der Waals surface area contributed by atoms with Crippen molar-refractivity contribution < 1.29 is 9.13 Å². The predicted octanol–water partition coefficient (Wildman–Crippen LogP) is 3.57. The van der Waals surface area contributed by atoms with Crippen molar-refractivity contribution in [2.24, 2.45) is 5.84 Å². The molecular weight excluding hydrogens is 291 g/mol. The molecule has 1 aliphatic carbocycles. The summed E-state index contributed by atoms with van der Waals surface area (Å²) in [4.78, 5) is 0. The Kier molecular flexibility index (Phi) is 4.10. The van der Waals surface area contributed by atoms with Gasteiger partial charge in [0.25, 0.3) is 0 Å². The Hall–Kier alpha value is -1.62. The van der Waals surface area contributed by atoms with E-state index in [2.05, 4.69) is 5.43 Å². The number of ether oxygens (including phenoxy) is 1. The van der Waals surface area contributed by atoms with Crippen molar-refractivity contribution in [2.45, 2.75) is 25.0 Å². The highest BCUT2D eigenvalue weighted by Crippen LogP contribution is 2.30. The van der Waals surface area contributed by atoms with Gasteiger partial charge in [0.1, 0.15) is 11.6 Å². The molecule has 0 saturated heterocycles. The van der Waals surface area contributed by atoms with Crippen molar-refractivity contribution in [3.8, 4) is 5.75 Å². The van der Waals surface area contributed by atoms with Gasteiger partial charge in [-0.2, -0.15) is 0 Å². The number of nitrogens with two attached hydrogens (primary N) is 1. The summed E-state index contributed by atoms with van der Waals surface area (Å²) in [6, 6.07) is 11.5. The van der Waals surface area contributed by atoms with Crippen molar-refractivity contribution >= 4 is 11.6 Å². The second-order valence-corrected chi connectivity index (χ2v) is 5.59. The van der Waals surface area contributed by atoms with Crippen molar-refractivity contribution in [1.29, 1.82) is 0 Å². The fourth-order valence-corrected chi connectivity index (χ4v) is 2.40. The molecule has 2 aromatic rings. The molecule has 0 amide bonds. The highest BCUT2D eigenvalue weighted by atomic mass is 35.5. The highest BCUT2D eigenvalue weighted by molar-refractivity contribution is 6.30. The van der Waals surface area contributed by atoms with E-state index < -0.39 is 6.04 Å². The van der Waals surface area contributed by atoms with Crippen molar-refractivity contribution in [2.75, 3.05) is 0 Å². The Labute approximate surface area is 127 Å². The van der Waals surface area contributed by atoms with Crippen molar-refractivity contribution in [3.63, 3.8) is 0 Å². The van der Waals surface area contributed by atoms with Gasteiger partial charge < -0.3 is 4.74 Å². The molecule has 0 radical (unpaired) electrons. The lowest BCUT2D eigenvalue weighted by molar-refractivity contribution is 0.303. The third kappa shape index (κ3) is 3.35. The molecule has 1 saturated carbocycles. The van der Waals surface area contributed by atoms with E-state index in [1.54, 1.807) is 6.07 Å². The SMILES string of the molecule is NNC(c1ccc(OC2CC2)cc1)c1cc(Cl)ccc1F. The summed E-state index contributed by atoms with van der Waals surface area (Å²) in [5.41, 5.74) is 3.90. The highest BCUT2D eigenvalue weighted by Gasteiger charge is 2.23. The third-order valence-electron chi connectivity index (χ3n) is 3.48. The Morgan fingerprint density at radius 1 is 1.19 bits per heavy atom. The van der Waals surface area contributed by atoms with Crippen LogP contribution >= 0.6 is 11.6 Å². The number of hydrogen-bond donors (Lipinski definition) is 2.